The van der Waals surface area contributed by atoms with Gasteiger partial charge in [0.1, 0.15) is 36.3 Å². The summed E-state index contributed by atoms with van der Waals surface area (Å²) < 4.78 is 35.0. The van der Waals surface area contributed by atoms with Crippen molar-refractivity contribution in [3.05, 3.63) is 291 Å². The second-order valence-corrected chi connectivity index (χ2v) is 26.5. The maximum atomic E-state index is 15.4. The summed E-state index contributed by atoms with van der Waals surface area (Å²) in [6.07, 6.45) is 17.6. The van der Waals surface area contributed by atoms with E-state index in [4.69, 9.17) is 33.7 Å². The lowest BCUT2D eigenvalue weighted by atomic mass is 10.1. The largest absolute Gasteiger partial charge is 0.444 e. The first-order valence-electron chi connectivity index (χ1n) is 37.3. The Bertz CT molecular complexity index is 5500. The molecule has 6 aromatic heterocycles. The van der Waals surface area contributed by atoms with Gasteiger partial charge in [0.25, 0.3) is 0 Å². The molecule has 2 aliphatic heterocycles. The van der Waals surface area contributed by atoms with Gasteiger partial charge in [-0.05, 0) is 102 Å². The van der Waals surface area contributed by atoms with Crippen LogP contribution in [0.4, 0.5) is 101 Å². The lowest BCUT2D eigenvalue weighted by Crippen LogP contribution is -2.38. The molecule has 592 valence electrons. The highest BCUT2D eigenvalue weighted by molar-refractivity contribution is 6.04. The van der Waals surface area contributed by atoms with Gasteiger partial charge in [0.2, 0.25) is 35.6 Å². The Kier molecular flexibility index (Phi) is 25.8. The molecular weight excluding hydrogens is 1490 g/mol. The van der Waals surface area contributed by atoms with Gasteiger partial charge in [-0.15, -0.1) is 0 Å². The van der Waals surface area contributed by atoms with Gasteiger partial charge in [0.05, 0.1) is 78.5 Å². The SMILES string of the molecule is C=CC(=O)Nc1cccc(N(C(=O)OC(/C=C\C(=O)Nc2cccc(N(C(=O)OC(/C=C\C(=O)Nc3cccc(N(C(=O)OCc4ccccc4)c4ccnc(Nc5cnn(C)c5)n4)c3)c3ccccc3)c3ccnc(Nc4cnn(C5CCOCC5)c4)n3)c2)c2ccccc2)c2ccnc(Nc3cnn(CCN4CCOCC4)c3)n2)c1. The van der Waals surface area contributed by atoms with Crippen molar-refractivity contribution in [1.29, 1.82) is 0 Å². The molecule has 117 heavy (non-hydrogen) atoms. The van der Waals surface area contributed by atoms with Gasteiger partial charge < -0.3 is 55.6 Å². The van der Waals surface area contributed by atoms with E-state index < -0.39 is 48.2 Å². The molecule has 0 aliphatic carbocycles. The molecule has 33 heteroatoms. The number of hydrogen-bond donors (Lipinski definition) is 6. The molecule has 8 heterocycles. The number of carbonyl (C=O) groups excluding carboxylic acids is 6. The Morgan fingerprint density at radius 3 is 1.42 bits per heavy atom. The van der Waals surface area contributed by atoms with Crippen LogP contribution in [0.5, 0.6) is 0 Å². The summed E-state index contributed by atoms with van der Waals surface area (Å²) in [7, 11) is 1.77. The molecular formula is C84H80N22O11. The van der Waals surface area contributed by atoms with Crippen LogP contribution in [-0.4, -0.2) is 146 Å². The quantitative estimate of drug-likeness (QED) is 0.0180. The van der Waals surface area contributed by atoms with Gasteiger partial charge in [-0.1, -0.05) is 116 Å². The van der Waals surface area contributed by atoms with Crippen molar-refractivity contribution < 1.29 is 52.5 Å². The maximum absolute atomic E-state index is 15.4. The molecule has 14 rings (SSSR count). The molecule has 12 aromatic rings. The zero-order chi connectivity index (χ0) is 80.7. The number of aromatic nitrogens is 12. The van der Waals surface area contributed by atoms with E-state index in [0.717, 1.165) is 44.1 Å². The summed E-state index contributed by atoms with van der Waals surface area (Å²) in [4.78, 5) is 120. The van der Waals surface area contributed by atoms with Crippen LogP contribution in [0, 0.1) is 0 Å². The molecule has 6 N–H and O–H groups in total. The maximum Gasteiger partial charge on any atom is 0.421 e. The fourth-order valence-electron chi connectivity index (χ4n) is 12.5. The Labute approximate surface area is 671 Å². The molecule has 0 saturated carbocycles. The zero-order valence-corrected chi connectivity index (χ0v) is 63.3. The van der Waals surface area contributed by atoms with E-state index in [-0.39, 0.29) is 76.4 Å². The number of nitrogens with zero attached hydrogens (tertiary/aromatic N) is 16. The highest BCUT2D eigenvalue weighted by Crippen LogP contribution is 2.36. The number of benzene rings is 6. The topological polar surface area (TPSA) is 365 Å². The Balaban J connectivity index is 0.720. The van der Waals surface area contributed by atoms with Gasteiger partial charge in [-0.3, -0.25) is 33.3 Å². The van der Waals surface area contributed by atoms with Gasteiger partial charge in [0.15, 0.2) is 0 Å². The average molecular weight is 1570 g/mol. The Morgan fingerprint density at radius 2 is 0.932 bits per heavy atom. The number of rotatable bonds is 30. The predicted octanol–water partition coefficient (Wildman–Crippen LogP) is 14.1. The van der Waals surface area contributed by atoms with E-state index in [1.807, 2.05) is 52.1 Å². The van der Waals surface area contributed by atoms with E-state index in [1.165, 1.54) is 75.8 Å². The Hall–Kier alpha value is -15.1. The normalized spacial score (nSPS) is 13.5. The van der Waals surface area contributed by atoms with Crippen molar-refractivity contribution in [1.82, 2.24) is 64.1 Å². The second-order valence-electron chi connectivity index (χ2n) is 26.5. The summed E-state index contributed by atoms with van der Waals surface area (Å²) >= 11 is 0. The van der Waals surface area contributed by atoms with Crippen LogP contribution in [0.25, 0.3) is 0 Å². The van der Waals surface area contributed by atoms with Crippen LogP contribution in [0.15, 0.2) is 275 Å². The van der Waals surface area contributed by atoms with Crippen molar-refractivity contribution in [3.63, 3.8) is 0 Å². The number of amides is 6. The minimum absolute atomic E-state index is 0.0268. The van der Waals surface area contributed by atoms with Crippen molar-refractivity contribution >= 4 is 122 Å². The van der Waals surface area contributed by atoms with Crippen molar-refractivity contribution in [2.45, 2.75) is 44.2 Å². The number of aryl methyl sites for hydroxylation is 1. The van der Waals surface area contributed by atoms with Gasteiger partial charge in [-0.2, -0.15) is 30.2 Å². The lowest BCUT2D eigenvalue weighted by molar-refractivity contribution is -0.112. The monoisotopic (exact) mass is 1570 g/mol. The smallest absolute Gasteiger partial charge is 0.421 e. The van der Waals surface area contributed by atoms with Gasteiger partial charge in [0, 0.05) is 124 Å². The molecule has 0 radical (unpaired) electrons. The molecule has 0 bridgehead atoms. The summed E-state index contributed by atoms with van der Waals surface area (Å²) in [6.45, 7) is 9.18. The minimum Gasteiger partial charge on any atom is -0.444 e. The molecule has 33 nitrogen and oxygen atoms in total. The number of morpholine rings is 1. The predicted molar refractivity (Wildman–Crippen MR) is 438 cm³/mol. The molecule has 2 saturated heterocycles. The first kappa shape index (κ1) is 78.6. The number of anilines is 15. The van der Waals surface area contributed by atoms with Crippen molar-refractivity contribution in [2.75, 3.05) is 92.7 Å². The highest BCUT2D eigenvalue weighted by Gasteiger charge is 2.30. The molecule has 6 aromatic carbocycles. The number of ether oxygens (including phenoxy) is 5. The van der Waals surface area contributed by atoms with E-state index in [9.17, 15) is 19.2 Å². The third-order valence-corrected chi connectivity index (χ3v) is 18.2. The van der Waals surface area contributed by atoms with Crippen LogP contribution in [0.2, 0.25) is 0 Å². The standard InChI is InChI=1S/C84H80N22O11/c1-3-76(107)91-61-22-13-26-69(48-61)105(74-33-38-86-80(98-74)95-65-52-89-102(55-65)41-40-101-42-46-114-47-43-101)83(111)116-71(59-18-9-5-10-19-59)29-31-78(109)93-63-24-15-27-70(50-63)106(75-34-39-87-81(99-75)96-66-53-90-103(56-66)67-35-44-113-45-36-67)84(112)117-72(60-20-11-6-12-21-60)28-30-77(108)92-62-23-14-25-68(49-62)104(82(110)115-57-58-16-7-4-8-17-58)73-32-37-85-79(97-73)94-64-51-88-100(2)54-64/h3-34,37-39,48-56,67,71-72H,1,35-36,40-47,57H2,2H3,(H,91,107)(H,92,108)(H,93,109)(H,85,94,97)(H,86,95,98)(H,87,96,99)/b30-28-,31-29-. The van der Waals surface area contributed by atoms with Gasteiger partial charge in [-0.25, -0.2) is 44.0 Å². The summed E-state index contributed by atoms with van der Waals surface area (Å²) in [6, 6.07) is 50.8. The first-order valence-corrected chi connectivity index (χ1v) is 37.3. The Morgan fingerprint density at radius 1 is 0.487 bits per heavy atom. The van der Waals surface area contributed by atoms with Crippen LogP contribution >= 0.6 is 0 Å². The first-order chi connectivity index (χ1) is 57.2. The van der Waals surface area contributed by atoms with Crippen LogP contribution in [0.1, 0.15) is 47.8 Å². The van der Waals surface area contributed by atoms with E-state index in [1.54, 1.807) is 170 Å². The fraction of sp³-hybridized carbons (Fsp3) is 0.179. The molecule has 0 spiro atoms. The van der Waals surface area contributed by atoms with Gasteiger partial charge >= 0.3 is 18.3 Å². The van der Waals surface area contributed by atoms with E-state index >= 15 is 9.59 Å². The highest BCUT2D eigenvalue weighted by atomic mass is 16.6. The van der Waals surface area contributed by atoms with Crippen LogP contribution in [-0.2, 0) is 58.3 Å². The number of hydrogen-bond acceptors (Lipinski definition) is 24. The fourth-order valence-corrected chi connectivity index (χ4v) is 12.5. The number of nitrogens with one attached hydrogen (secondary N) is 6. The minimum atomic E-state index is -1.23. The molecule has 2 aliphatic rings. The lowest BCUT2D eigenvalue weighted by Gasteiger charge is -2.26. The van der Waals surface area contributed by atoms with Crippen molar-refractivity contribution in [3.8, 4) is 0 Å². The summed E-state index contributed by atoms with van der Waals surface area (Å²) in [5.41, 5.74) is 4.99. The summed E-state index contributed by atoms with van der Waals surface area (Å²) in [5, 5.41) is 31.3. The average Bonchev–Trinajstić information content (AvgIpc) is 1.53. The second kappa shape index (κ2) is 38.4. The molecule has 2 atom stereocenters. The van der Waals surface area contributed by atoms with Crippen LogP contribution in [0.3, 0.4) is 0 Å². The van der Waals surface area contributed by atoms with E-state index in [2.05, 4.69) is 78.6 Å². The van der Waals surface area contributed by atoms with Crippen molar-refractivity contribution in [2.24, 2.45) is 7.05 Å². The van der Waals surface area contributed by atoms with E-state index in [0.29, 0.717) is 66.8 Å². The van der Waals surface area contributed by atoms with Crippen LogP contribution < -0.4 is 46.6 Å². The third-order valence-electron chi connectivity index (χ3n) is 18.2. The molecule has 2 unspecified atom stereocenters. The zero-order valence-electron chi connectivity index (χ0n) is 63.3. The number of carbonyl (C=O) groups is 6. The molecule has 6 amide bonds. The molecule has 2 fully saturated rings. The third kappa shape index (κ3) is 21.6. The summed E-state index contributed by atoms with van der Waals surface area (Å²) in [5.74, 6) is -1.15.